The van der Waals surface area contributed by atoms with Crippen LogP contribution in [0.3, 0.4) is 0 Å². The van der Waals surface area contributed by atoms with Crippen LogP contribution in [0.1, 0.15) is 26.7 Å². The summed E-state index contributed by atoms with van der Waals surface area (Å²) in [5, 5.41) is 0. The van der Waals surface area contributed by atoms with E-state index in [9.17, 15) is 8.42 Å². The van der Waals surface area contributed by atoms with Gasteiger partial charge in [-0.15, -0.1) is 0 Å². The van der Waals surface area contributed by atoms with E-state index >= 15 is 0 Å². The number of nitrogens with two attached hydrogens (primary N) is 1. The number of hydrogen-bond acceptors (Lipinski definition) is 3. The first-order chi connectivity index (χ1) is 6.85. The maximum absolute atomic E-state index is 12.1. The average molecular weight is 235 g/mol. The molecule has 0 saturated carbocycles. The number of hydrogen-bond donors (Lipinski definition) is 1. The van der Waals surface area contributed by atoms with Gasteiger partial charge in [-0.2, -0.15) is 17.0 Å². The Morgan fingerprint density at radius 3 is 2.53 bits per heavy atom. The van der Waals surface area contributed by atoms with E-state index in [1.807, 2.05) is 13.8 Å². The van der Waals surface area contributed by atoms with E-state index in [-0.39, 0.29) is 12.1 Å². The third-order valence-electron chi connectivity index (χ3n) is 2.84. The van der Waals surface area contributed by atoms with E-state index in [4.69, 9.17) is 5.73 Å². The van der Waals surface area contributed by atoms with Crippen molar-refractivity contribution in [2.45, 2.75) is 38.8 Å². The highest BCUT2D eigenvalue weighted by Crippen LogP contribution is 2.16. The van der Waals surface area contributed by atoms with Crippen LogP contribution in [0.2, 0.25) is 0 Å². The summed E-state index contributed by atoms with van der Waals surface area (Å²) in [7, 11) is -1.70. The molecule has 6 heteroatoms. The molecule has 90 valence electrons. The Labute approximate surface area is 92.4 Å². The van der Waals surface area contributed by atoms with E-state index in [0.717, 1.165) is 12.8 Å². The summed E-state index contributed by atoms with van der Waals surface area (Å²) < 4.78 is 27.0. The van der Waals surface area contributed by atoms with Crippen molar-refractivity contribution in [3.63, 3.8) is 0 Å². The second-order valence-corrected chi connectivity index (χ2v) is 6.37. The van der Waals surface area contributed by atoms with Crippen molar-refractivity contribution in [3.8, 4) is 0 Å². The highest BCUT2D eigenvalue weighted by molar-refractivity contribution is 7.86. The van der Waals surface area contributed by atoms with Gasteiger partial charge in [-0.05, 0) is 26.7 Å². The fraction of sp³-hybridized carbons (Fsp3) is 1.00. The van der Waals surface area contributed by atoms with Gasteiger partial charge in [-0.25, -0.2) is 0 Å². The predicted octanol–water partition coefficient (Wildman–Crippen LogP) is -0.00550. The van der Waals surface area contributed by atoms with Crippen LogP contribution in [0.15, 0.2) is 0 Å². The Kier molecular flexibility index (Phi) is 4.11. The monoisotopic (exact) mass is 235 g/mol. The Bertz CT molecular complexity index is 302. The molecule has 1 aliphatic heterocycles. The molecule has 0 aromatic heterocycles. The molecule has 0 amide bonds. The minimum absolute atomic E-state index is 0.0194. The topological polar surface area (TPSA) is 66.6 Å². The lowest BCUT2D eigenvalue weighted by atomic mass is 10.1. The van der Waals surface area contributed by atoms with Crippen molar-refractivity contribution in [3.05, 3.63) is 0 Å². The number of rotatable bonds is 3. The molecule has 1 atom stereocenters. The molecule has 1 heterocycles. The lowest BCUT2D eigenvalue weighted by molar-refractivity contribution is 0.282. The van der Waals surface area contributed by atoms with Gasteiger partial charge in [-0.1, -0.05) is 0 Å². The molecular weight excluding hydrogens is 214 g/mol. The minimum atomic E-state index is -3.31. The van der Waals surface area contributed by atoms with Gasteiger partial charge in [-0.3, -0.25) is 0 Å². The number of nitrogens with zero attached hydrogens (tertiary/aromatic N) is 2. The predicted molar refractivity (Wildman–Crippen MR) is 60.6 cm³/mol. The first-order valence-electron chi connectivity index (χ1n) is 5.34. The quantitative estimate of drug-likeness (QED) is 0.748. The molecule has 1 fully saturated rings. The SMILES string of the molecule is CC(C)N(C)S(=O)(=O)N1CCC[C@@H](N)C1. The van der Waals surface area contributed by atoms with Crippen molar-refractivity contribution in [1.29, 1.82) is 0 Å². The molecule has 1 saturated heterocycles. The maximum Gasteiger partial charge on any atom is 0.282 e. The summed E-state index contributed by atoms with van der Waals surface area (Å²) in [5.41, 5.74) is 5.77. The molecule has 0 unspecified atom stereocenters. The fourth-order valence-electron chi connectivity index (χ4n) is 1.63. The average Bonchev–Trinajstić information content (AvgIpc) is 2.16. The van der Waals surface area contributed by atoms with Crippen LogP contribution in [-0.4, -0.2) is 49.2 Å². The Morgan fingerprint density at radius 1 is 1.47 bits per heavy atom. The molecule has 2 N–H and O–H groups in total. The van der Waals surface area contributed by atoms with E-state index < -0.39 is 10.2 Å². The molecule has 5 nitrogen and oxygen atoms in total. The third-order valence-corrected chi connectivity index (χ3v) is 4.97. The van der Waals surface area contributed by atoms with E-state index in [0.29, 0.717) is 13.1 Å². The zero-order valence-electron chi connectivity index (χ0n) is 9.68. The van der Waals surface area contributed by atoms with Crippen LogP contribution >= 0.6 is 0 Å². The van der Waals surface area contributed by atoms with Gasteiger partial charge in [0, 0.05) is 32.2 Å². The van der Waals surface area contributed by atoms with Crippen LogP contribution in [-0.2, 0) is 10.2 Å². The summed E-state index contributed by atoms with van der Waals surface area (Å²) in [5.74, 6) is 0. The largest absolute Gasteiger partial charge is 0.327 e. The summed E-state index contributed by atoms with van der Waals surface area (Å²) >= 11 is 0. The highest BCUT2D eigenvalue weighted by atomic mass is 32.2. The first kappa shape index (κ1) is 12.9. The van der Waals surface area contributed by atoms with Crippen molar-refractivity contribution < 1.29 is 8.42 Å². The number of piperidine rings is 1. The van der Waals surface area contributed by atoms with Crippen LogP contribution in [0.4, 0.5) is 0 Å². The first-order valence-corrected chi connectivity index (χ1v) is 6.74. The van der Waals surface area contributed by atoms with E-state index in [2.05, 4.69) is 0 Å². The Morgan fingerprint density at radius 2 is 2.07 bits per heavy atom. The fourth-order valence-corrected chi connectivity index (χ4v) is 3.27. The zero-order valence-corrected chi connectivity index (χ0v) is 10.5. The summed E-state index contributed by atoms with van der Waals surface area (Å²) in [6.45, 7) is 4.76. The van der Waals surface area contributed by atoms with Crippen molar-refractivity contribution in [1.82, 2.24) is 8.61 Å². The van der Waals surface area contributed by atoms with Gasteiger partial charge in [0.05, 0.1) is 0 Å². The Balaban J connectivity index is 2.77. The lowest BCUT2D eigenvalue weighted by Crippen LogP contribution is -2.51. The standard InChI is InChI=1S/C9H21N3O2S/c1-8(2)11(3)15(13,14)12-6-4-5-9(10)7-12/h8-9H,4-7,10H2,1-3H3/t9-/m1/s1. The smallest absolute Gasteiger partial charge is 0.282 e. The molecule has 15 heavy (non-hydrogen) atoms. The minimum Gasteiger partial charge on any atom is -0.327 e. The summed E-state index contributed by atoms with van der Waals surface area (Å²) in [4.78, 5) is 0. The van der Waals surface area contributed by atoms with Gasteiger partial charge in [0.2, 0.25) is 0 Å². The van der Waals surface area contributed by atoms with E-state index in [1.165, 1.54) is 8.61 Å². The molecule has 0 aliphatic carbocycles. The molecule has 0 radical (unpaired) electrons. The molecule has 0 aromatic rings. The van der Waals surface area contributed by atoms with Crippen molar-refractivity contribution in [2.24, 2.45) is 5.73 Å². The molecule has 1 aliphatic rings. The molecule has 0 spiro atoms. The van der Waals surface area contributed by atoms with Gasteiger partial charge in [0.15, 0.2) is 0 Å². The lowest BCUT2D eigenvalue weighted by Gasteiger charge is -2.34. The van der Waals surface area contributed by atoms with Crippen LogP contribution < -0.4 is 5.73 Å². The van der Waals surface area contributed by atoms with Crippen LogP contribution in [0, 0.1) is 0 Å². The van der Waals surface area contributed by atoms with Gasteiger partial charge >= 0.3 is 0 Å². The normalized spacial score (nSPS) is 25.1. The van der Waals surface area contributed by atoms with Crippen molar-refractivity contribution >= 4 is 10.2 Å². The molecule has 1 rings (SSSR count). The van der Waals surface area contributed by atoms with Gasteiger partial charge in [0.25, 0.3) is 10.2 Å². The third kappa shape index (κ3) is 2.90. The Hall–Kier alpha value is -0.170. The molecular formula is C9H21N3O2S. The maximum atomic E-state index is 12.1. The zero-order chi connectivity index (χ0) is 11.6. The second-order valence-electron chi connectivity index (χ2n) is 4.38. The second kappa shape index (κ2) is 4.78. The highest BCUT2D eigenvalue weighted by Gasteiger charge is 2.31. The molecule has 0 aromatic carbocycles. The molecule has 0 bridgehead atoms. The van der Waals surface area contributed by atoms with Crippen molar-refractivity contribution in [2.75, 3.05) is 20.1 Å². The van der Waals surface area contributed by atoms with Gasteiger partial charge in [0.1, 0.15) is 0 Å². The van der Waals surface area contributed by atoms with Crippen LogP contribution in [0.25, 0.3) is 0 Å². The van der Waals surface area contributed by atoms with Crippen LogP contribution in [0.5, 0.6) is 0 Å². The van der Waals surface area contributed by atoms with Gasteiger partial charge < -0.3 is 5.73 Å². The summed E-state index contributed by atoms with van der Waals surface area (Å²) in [6.07, 6.45) is 1.77. The summed E-state index contributed by atoms with van der Waals surface area (Å²) in [6, 6.07) is -0.0396. The van der Waals surface area contributed by atoms with E-state index in [1.54, 1.807) is 7.05 Å².